The van der Waals surface area contributed by atoms with Crippen LogP contribution in [0.2, 0.25) is 0 Å². The molecule has 0 aromatic heterocycles. The van der Waals surface area contributed by atoms with Gasteiger partial charge in [-0.05, 0) is 20.8 Å². The molecular formula is C12H26N4O. The van der Waals surface area contributed by atoms with Gasteiger partial charge in [-0.1, -0.05) is 0 Å². The monoisotopic (exact) mass is 242 g/mol. The SMILES string of the molecule is CCNC(=NC)NCC(C)(C)N1CCOCC1. The van der Waals surface area contributed by atoms with Crippen molar-refractivity contribution in [1.29, 1.82) is 0 Å². The van der Waals surface area contributed by atoms with Crippen molar-refractivity contribution in [3.63, 3.8) is 0 Å². The third-order valence-electron chi connectivity index (χ3n) is 3.12. The lowest BCUT2D eigenvalue weighted by Crippen LogP contribution is -2.56. The maximum Gasteiger partial charge on any atom is 0.191 e. The summed E-state index contributed by atoms with van der Waals surface area (Å²) in [5.41, 5.74) is 0.120. The van der Waals surface area contributed by atoms with E-state index in [0.717, 1.165) is 45.4 Å². The van der Waals surface area contributed by atoms with E-state index in [1.807, 2.05) is 0 Å². The van der Waals surface area contributed by atoms with Gasteiger partial charge < -0.3 is 15.4 Å². The maximum absolute atomic E-state index is 5.38. The number of morpholine rings is 1. The number of rotatable bonds is 4. The molecule has 5 heteroatoms. The molecule has 1 heterocycles. The molecule has 0 bridgehead atoms. The Morgan fingerprint density at radius 2 is 1.94 bits per heavy atom. The lowest BCUT2D eigenvalue weighted by Gasteiger charge is -2.41. The first-order chi connectivity index (χ1) is 8.10. The minimum atomic E-state index is 0.120. The van der Waals surface area contributed by atoms with E-state index in [9.17, 15) is 0 Å². The van der Waals surface area contributed by atoms with E-state index in [-0.39, 0.29) is 5.54 Å². The van der Waals surface area contributed by atoms with E-state index in [4.69, 9.17) is 4.74 Å². The summed E-state index contributed by atoms with van der Waals surface area (Å²) in [5.74, 6) is 0.869. The predicted molar refractivity (Wildman–Crippen MR) is 71.5 cm³/mol. The fourth-order valence-electron chi connectivity index (χ4n) is 1.97. The third kappa shape index (κ3) is 4.52. The van der Waals surface area contributed by atoms with Gasteiger partial charge in [0, 0.05) is 38.8 Å². The lowest BCUT2D eigenvalue weighted by molar-refractivity contribution is -0.00833. The zero-order valence-electron chi connectivity index (χ0n) is 11.5. The predicted octanol–water partition coefficient (Wildman–Crippen LogP) is 0.282. The highest BCUT2D eigenvalue weighted by Gasteiger charge is 2.28. The number of nitrogens with one attached hydrogen (secondary N) is 2. The Morgan fingerprint density at radius 3 is 2.47 bits per heavy atom. The van der Waals surface area contributed by atoms with E-state index >= 15 is 0 Å². The van der Waals surface area contributed by atoms with Crippen LogP contribution in [0.25, 0.3) is 0 Å². The Kier molecular flexibility index (Phi) is 5.71. The summed E-state index contributed by atoms with van der Waals surface area (Å²) >= 11 is 0. The summed E-state index contributed by atoms with van der Waals surface area (Å²) in [6.07, 6.45) is 0. The molecule has 100 valence electrons. The van der Waals surface area contributed by atoms with Gasteiger partial charge in [0.2, 0.25) is 0 Å². The molecule has 0 atom stereocenters. The van der Waals surface area contributed by atoms with E-state index in [1.165, 1.54) is 0 Å². The molecule has 0 spiro atoms. The topological polar surface area (TPSA) is 48.9 Å². The van der Waals surface area contributed by atoms with Gasteiger partial charge in [-0.25, -0.2) is 0 Å². The molecule has 1 rings (SSSR count). The summed E-state index contributed by atoms with van der Waals surface area (Å²) in [7, 11) is 1.80. The van der Waals surface area contributed by atoms with Crippen molar-refractivity contribution in [3.8, 4) is 0 Å². The van der Waals surface area contributed by atoms with Gasteiger partial charge in [0.1, 0.15) is 0 Å². The normalized spacial score (nSPS) is 19.2. The molecule has 0 aromatic carbocycles. The van der Waals surface area contributed by atoms with Crippen molar-refractivity contribution in [2.24, 2.45) is 4.99 Å². The van der Waals surface area contributed by atoms with E-state index in [1.54, 1.807) is 7.05 Å². The van der Waals surface area contributed by atoms with Gasteiger partial charge in [-0.3, -0.25) is 9.89 Å². The molecule has 5 nitrogen and oxygen atoms in total. The molecule has 2 N–H and O–H groups in total. The Balaban J connectivity index is 2.42. The van der Waals surface area contributed by atoms with Crippen molar-refractivity contribution in [3.05, 3.63) is 0 Å². The Bertz CT molecular complexity index is 247. The average molecular weight is 242 g/mol. The van der Waals surface area contributed by atoms with Crippen LogP contribution in [0.3, 0.4) is 0 Å². The van der Waals surface area contributed by atoms with Crippen molar-refractivity contribution < 1.29 is 4.74 Å². The zero-order chi connectivity index (χ0) is 12.7. The Labute approximate surface area is 105 Å². The largest absolute Gasteiger partial charge is 0.379 e. The van der Waals surface area contributed by atoms with Gasteiger partial charge in [0.15, 0.2) is 5.96 Å². The molecule has 0 saturated carbocycles. The highest BCUT2D eigenvalue weighted by Crippen LogP contribution is 2.14. The summed E-state index contributed by atoms with van der Waals surface area (Å²) in [4.78, 5) is 6.64. The van der Waals surface area contributed by atoms with Gasteiger partial charge in [-0.2, -0.15) is 0 Å². The van der Waals surface area contributed by atoms with Gasteiger partial charge in [0.05, 0.1) is 13.2 Å². The second-order valence-corrected chi connectivity index (χ2v) is 4.87. The van der Waals surface area contributed by atoms with Crippen LogP contribution < -0.4 is 10.6 Å². The lowest BCUT2D eigenvalue weighted by atomic mass is 10.0. The minimum absolute atomic E-state index is 0.120. The quantitative estimate of drug-likeness (QED) is 0.549. The molecule has 1 aliphatic heterocycles. The number of nitrogens with zero attached hydrogens (tertiary/aromatic N) is 2. The van der Waals surface area contributed by atoms with Crippen LogP contribution in [0.4, 0.5) is 0 Å². The minimum Gasteiger partial charge on any atom is -0.379 e. The zero-order valence-corrected chi connectivity index (χ0v) is 11.5. The maximum atomic E-state index is 5.38. The van der Waals surface area contributed by atoms with Crippen LogP contribution in [0.5, 0.6) is 0 Å². The summed E-state index contributed by atoms with van der Waals surface area (Å²) < 4.78 is 5.38. The van der Waals surface area contributed by atoms with Crippen LogP contribution >= 0.6 is 0 Å². The van der Waals surface area contributed by atoms with Gasteiger partial charge >= 0.3 is 0 Å². The third-order valence-corrected chi connectivity index (χ3v) is 3.12. The molecular weight excluding hydrogens is 216 g/mol. The van der Waals surface area contributed by atoms with E-state index < -0.39 is 0 Å². The van der Waals surface area contributed by atoms with Crippen LogP contribution in [0.1, 0.15) is 20.8 Å². The molecule has 0 aliphatic carbocycles. The number of ether oxygens (including phenoxy) is 1. The molecule has 0 unspecified atom stereocenters. The number of guanidine groups is 1. The van der Waals surface area contributed by atoms with Crippen LogP contribution in [0.15, 0.2) is 4.99 Å². The number of aliphatic imine (C=N–C) groups is 1. The van der Waals surface area contributed by atoms with E-state index in [0.29, 0.717) is 0 Å². The first kappa shape index (κ1) is 14.3. The standard InChI is InChI=1S/C12H26N4O/c1-5-14-11(13-4)15-10-12(2,3)16-6-8-17-9-7-16/h5-10H2,1-4H3,(H2,13,14,15). The van der Waals surface area contributed by atoms with Crippen LogP contribution in [-0.4, -0.2) is 62.8 Å². The summed E-state index contributed by atoms with van der Waals surface area (Å²) in [5, 5.41) is 6.57. The van der Waals surface area contributed by atoms with Crippen LogP contribution in [-0.2, 0) is 4.74 Å². The van der Waals surface area contributed by atoms with Crippen molar-refractivity contribution in [2.75, 3.05) is 46.4 Å². The van der Waals surface area contributed by atoms with Crippen LogP contribution in [0, 0.1) is 0 Å². The smallest absolute Gasteiger partial charge is 0.191 e. The second-order valence-electron chi connectivity index (χ2n) is 4.87. The highest BCUT2D eigenvalue weighted by atomic mass is 16.5. The van der Waals surface area contributed by atoms with Gasteiger partial charge in [-0.15, -0.1) is 0 Å². The molecule has 1 saturated heterocycles. The van der Waals surface area contributed by atoms with Crippen molar-refractivity contribution in [2.45, 2.75) is 26.3 Å². The first-order valence-electron chi connectivity index (χ1n) is 6.37. The number of hydrogen-bond acceptors (Lipinski definition) is 3. The molecule has 17 heavy (non-hydrogen) atoms. The van der Waals surface area contributed by atoms with Crippen molar-refractivity contribution in [1.82, 2.24) is 15.5 Å². The molecule has 1 fully saturated rings. The summed E-state index contributed by atoms with van der Waals surface area (Å²) in [6, 6.07) is 0. The Hall–Kier alpha value is -0.810. The van der Waals surface area contributed by atoms with E-state index in [2.05, 4.69) is 41.3 Å². The average Bonchev–Trinajstić information content (AvgIpc) is 2.35. The molecule has 0 aromatic rings. The highest BCUT2D eigenvalue weighted by molar-refractivity contribution is 5.79. The molecule has 1 aliphatic rings. The fraction of sp³-hybridized carbons (Fsp3) is 0.917. The number of hydrogen-bond donors (Lipinski definition) is 2. The second kappa shape index (κ2) is 6.81. The first-order valence-corrected chi connectivity index (χ1v) is 6.37. The Morgan fingerprint density at radius 1 is 1.29 bits per heavy atom. The summed E-state index contributed by atoms with van der Waals surface area (Å²) in [6.45, 7) is 12.0. The molecule has 0 radical (unpaired) electrons. The fourth-order valence-corrected chi connectivity index (χ4v) is 1.97. The molecule has 0 amide bonds. The van der Waals surface area contributed by atoms with Gasteiger partial charge in [0.25, 0.3) is 0 Å². The van der Waals surface area contributed by atoms with Crippen molar-refractivity contribution >= 4 is 5.96 Å².